The maximum absolute atomic E-state index is 11.6. The van der Waals surface area contributed by atoms with Gasteiger partial charge in [0.1, 0.15) is 5.37 Å². The van der Waals surface area contributed by atoms with Crippen molar-refractivity contribution in [2.24, 2.45) is 0 Å². The second kappa shape index (κ2) is 4.78. The minimum absolute atomic E-state index is 0.152. The molecule has 98 valence electrons. The molecule has 0 unspecified atom stereocenters. The molecule has 0 aliphatic carbocycles. The minimum atomic E-state index is 0.152. The van der Waals surface area contributed by atoms with Crippen LogP contribution in [0.1, 0.15) is 16.5 Å². The van der Waals surface area contributed by atoms with E-state index in [9.17, 15) is 4.79 Å². The lowest BCUT2D eigenvalue weighted by Gasteiger charge is -2.17. The Labute approximate surface area is 117 Å². The third-order valence-corrected chi connectivity index (χ3v) is 4.76. The van der Waals surface area contributed by atoms with Gasteiger partial charge in [-0.1, -0.05) is 17.7 Å². The SMILES string of the molecule is Cc1ccc(-n2ccc([C@H]3SCC(=O)N3C)c2)cc1. The number of nitrogens with zero attached hydrogens (tertiary/aromatic N) is 2. The van der Waals surface area contributed by atoms with Crippen molar-refractivity contribution in [1.82, 2.24) is 9.47 Å². The summed E-state index contributed by atoms with van der Waals surface area (Å²) in [6.45, 7) is 2.08. The van der Waals surface area contributed by atoms with E-state index >= 15 is 0 Å². The van der Waals surface area contributed by atoms with Gasteiger partial charge in [-0.3, -0.25) is 4.79 Å². The molecule has 2 heterocycles. The quantitative estimate of drug-likeness (QED) is 0.839. The summed E-state index contributed by atoms with van der Waals surface area (Å²) >= 11 is 1.69. The number of benzene rings is 1. The lowest BCUT2D eigenvalue weighted by molar-refractivity contribution is -0.126. The zero-order chi connectivity index (χ0) is 13.4. The van der Waals surface area contributed by atoms with Gasteiger partial charge in [0, 0.05) is 30.7 Å². The van der Waals surface area contributed by atoms with E-state index in [4.69, 9.17) is 0 Å². The van der Waals surface area contributed by atoms with Gasteiger partial charge >= 0.3 is 0 Å². The number of hydrogen-bond acceptors (Lipinski definition) is 2. The molecule has 1 aromatic heterocycles. The van der Waals surface area contributed by atoms with Crippen molar-refractivity contribution in [1.29, 1.82) is 0 Å². The first-order chi connectivity index (χ1) is 9.15. The number of hydrogen-bond donors (Lipinski definition) is 0. The van der Waals surface area contributed by atoms with E-state index in [1.165, 1.54) is 11.1 Å². The normalized spacial score (nSPS) is 19.2. The van der Waals surface area contributed by atoms with E-state index in [-0.39, 0.29) is 11.3 Å². The maximum Gasteiger partial charge on any atom is 0.233 e. The standard InChI is InChI=1S/C15H16N2OS/c1-11-3-5-13(6-4-11)17-8-7-12(9-17)15-16(2)14(18)10-19-15/h3-9,15H,10H2,1-2H3/t15-/m1/s1. The van der Waals surface area contributed by atoms with Crippen molar-refractivity contribution < 1.29 is 4.79 Å². The van der Waals surface area contributed by atoms with Gasteiger partial charge in [-0.05, 0) is 25.1 Å². The van der Waals surface area contributed by atoms with E-state index in [0.29, 0.717) is 5.75 Å². The zero-order valence-corrected chi connectivity index (χ0v) is 11.9. The molecule has 1 saturated heterocycles. The second-order valence-electron chi connectivity index (χ2n) is 4.86. The summed E-state index contributed by atoms with van der Waals surface area (Å²) in [4.78, 5) is 13.4. The third-order valence-electron chi connectivity index (χ3n) is 3.44. The number of aryl methyl sites for hydroxylation is 1. The molecule has 1 aromatic carbocycles. The molecule has 1 aliphatic rings. The summed E-state index contributed by atoms with van der Waals surface area (Å²) in [6, 6.07) is 10.5. The summed E-state index contributed by atoms with van der Waals surface area (Å²) in [5, 5.41) is 0.152. The first-order valence-electron chi connectivity index (χ1n) is 6.27. The Kier molecular flexibility index (Phi) is 3.11. The van der Waals surface area contributed by atoms with Crippen LogP contribution >= 0.6 is 11.8 Å². The van der Waals surface area contributed by atoms with Crippen molar-refractivity contribution in [2.75, 3.05) is 12.8 Å². The molecule has 0 bridgehead atoms. The van der Waals surface area contributed by atoms with E-state index < -0.39 is 0 Å². The van der Waals surface area contributed by atoms with Crippen LogP contribution in [0.2, 0.25) is 0 Å². The molecule has 3 rings (SSSR count). The average molecular weight is 272 g/mol. The highest BCUT2D eigenvalue weighted by Crippen LogP contribution is 2.37. The largest absolute Gasteiger partial charge is 0.329 e. The van der Waals surface area contributed by atoms with Gasteiger partial charge < -0.3 is 9.47 Å². The van der Waals surface area contributed by atoms with Crippen LogP contribution < -0.4 is 0 Å². The molecule has 1 fully saturated rings. The van der Waals surface area contributed by atoms with Crippen LogP contribution in [0.5, 0.6) is 0 Å². The molecule has 1 atom stereocenters. The molecule has 2 aromatic rings. The maximum atomic E-state index is 11.6. The topological polar surface area (TPSA) is 25.2 Å². The van der Waals surface area contributed by atoms with Crippen molar-refractivity contribution >= 4 is 17.7 Å². The van der Waals surface area contributed by atoms with E-state index in [0.717, 1.165) is 5.69 Å². The molecule has 1 amide bonds. The summed E-state index contributed by atoms with van der Waals surface area (Å²) in [5.74, 6) is 0.787. The number of rotatable bonds is 2. The van der Waals surface area contributed by atoms with Crippen LogP contribution in [0, 0.1) is 6.92 Å². The first kappa shape index (κ1) is 12.4. The van der Waals surface area contributed by atoms with E-state index in [1.807, 2.05) is 11.9 Å². The Morgan fingerprint density at radius 1 is 1.21 bits per heavy atom. The fourth-order valence-electron chi connectivity index (χ4n) is 2.25. The van der Waals surface area contributed by atoms with Crippen LogP contribution in [0.15, 0.2) is 42.7 Å². The molecule has 0 N–H and O–H groups in total. The second-order valence-corrected chi connectivity index (χ2v) is 5.92. The number of carbonyl (C=O) groups is 1. The highest BCUT2D eigenvalue weighted by molar-refractivity contribution is 8.00. The van der Waals surface area contributed by atoms with Gasteiger partial charge in [-0.15, -0.1) is 11.8 Å². The van der Waals surface area contributed by atoms with Crippen LogP contribution in [0.25, 0.3) is 5.69 Å². The van der Waals surface area contributed by atoms with Gasteiger partial charge in [0.05, 0.1) is 5.75 Å². The zero-order valence-electron chi connectivity index (χ0n) is 11.0. The molecular weight excluding hydrogens is 256 g/mol. The number of carbonyl (C=O) groups excluding carboxylic acids is 1. The Hall–Kier alpha value is -1.68. The van der Waals surface area contributed by atoms with Crippen molar-refractivity contribution in [2.45, 2.75) is 12.3 Å². The predicted molar refractivity (Wildman–Crippen MR) is 78.5 cm³/mol. The van der Waals surface area contributed by atoms with Crippen LogP contribution in [0.4, 0.5) is 0 Å². The smallest absolute Gasteiger partial charge is 0.233 e. The molecule has 0 radical (unpaired) electrons. The average Bonchev–Trinajstić information content (AvgIpc) is 2.99. The molecule has 1 aliphatic heterocycles. The molecule has 3 nitrogen and oxygen atoms in total. The summed E-state index contributed by atoms with van der Waals surface area (Å²) < 4.78 is 2.10. The predicted octanol–water partition coefficient (Wildman–Crippen LogP) is 2.99. The van der Waals surface area contributed by atoms with Crippen molar-refractivity contribution in [3.8, 4) is 5.69 Å². The van der Waals surface area contributed by atoms with E-state index in [2.05, 4.69) is 54.2 Å². The Morgan fingerprint density at radius 3 is 2.58 bits per heavy atom. The van der Waals surface area contributed by atoms with Crippen LogP contribution in [-0.4, -0.2) is 28.2 Å². The Morgan fingerprint density at radius 2 is 1.95 bits per heavy atom. The summed E-state index contributed by atoms with van der Waals surface area (Å²) in [6.07, 6.45) is 4.16. The van der Waals surface area contributed by atoms with Crippen LogP contribution in [-0.2, 0) is 4.79 Å². The highest BCUT2D eigenvalue weighted by Gasteiger charge is 2.30. The number of thioether (sulfide) groups is 1. The molecular formula is C15H16N2OS. The Balaban J connectivity index is 1.87. The van der Waals surface area contributed by atoms with Gasteiger partial charge in [0.15, 0.2) is 0 Å². The summed E-state index contributed by atoms with van der Waals surface area (Å²) in [7, 11) is 1.87. The van der Waals surface area contributed by atoms with Crippen molar-refractivity contribution in [3.63, 3.8) is 0 Å². The van der Waals surface area contributed by atoms with E-state index in [1.54, 1.807) is 11.8 Å². The highest BCUT2D eigenvalue weighted by atomic mass is 32.2. The Bertz CT molecular complexity index is 603. The lowest BCUT2D eigenvalue weighted by Crippen LogP contribution is -2.22. The third kappa shape index (κ3) is 2.28. The van der Waals surface area contributed by atoms with Crippen molar-refractivity contribution in [3.05, 3.63) is 53.9 Å². The molecule has 0 saturated carbocycles. The van der Waals surface area contributed by atoms with Gasteiger partial charge in [-0.2, -0.15) is 0 Å². The fraction of sp³-hybridized carbons (Fsp3) is 0.267. The number of aromatic nitrogens is 1. The first-order valence-corrected chi connectivity index (χ1v) is 7.32. The molecule has 4 heteroatoms. The molecule has 19 heavy (non-hydrogen) atoms. The summed E-state index contributed by atoms with van der Waals surface area (Å²) in [5.41, 5.74) is 3.58. The monoisotopic (exact) mass is 272 g/mol. The van der Waals surface area contributed by atoms with Crippen LogP contribution in [0.3, 0.4) is 0 Å². The van der Waals surface area contributed by atoms with Gasteiger partial charge in [-0.25, -0.2) is 0 Å². The lowest BCUT2D eigenvalue weighted by atomic mass is 10.2. The molecule has 0 spiro atoms. The minimum Gasteiger partial charge on any atom is -0.329 e. The van der Waals surface area contributed by atoms with Gasteiger partial charge in [0.25, 0.3) is 0 Å². The number of amides is 1. The fourth-order valence-corrected chi connectivity index (χ4v) is 3.43. The van der Waals surface area contributed by atoms with Gasteiger partial charge in [0.2, 0.25) is 5.91 Å².